The molecule has 0 saturated heterocycles. The van der Waals surface area contributed by atoms with E-state index in [1.807, 2.05) is 34.6 Å². The van der Waals surface area contributed by atoms with Crippen molar-refractivity contribution in [1.82, 2.24) is 0 Å². The molecule has 0 amide bonds. The summed E-state index contributed by atoms with van der Waals surface area (Å²) >= 11 is 0. The van der Waals surface area contributed by atoms with E-state index in [1.165, 1.54) is 0 Å². The second-order valence-corrected chi connectivity index (χ2v) is 7.27. The van der Waals surface area contributed by atoms with E-state index < -0.39 is 23.5 Å². The Kier molecular flexibility index (Phi) is 10.2. The van der Waals surface area contributed by atoms with Crippen LogP contribution in [0.3, 0.4) is 0 Å². The van der Waals surface area contributed by atoms with Gasteiger partial charge in [-0.25, -0.2) is 0 Å². The minimum absolute atomic E-state index is 0.296. The largest absolute Gasteiger partial charge is 0.465 e. The summed E-state index contributed by atoms with van der Waals surface area (Å²) in [5.74, 6) is -0.990. The third-order valence-electron chi connectivity index (χ3n) is 4.03. The van der Waals surface area contributed by atoms with Gasteiger partial charge in [-0.3, -0.25) is 9.59 Å². The normalized spacial score (nSPS) is 13.5. The van der Waals surface area contributed by atoms with Gasteiger partial charge in [-0.2, -0.15) is 0 Å². The molecule has 0 aromatic heterocycles. The van der Waals surface area contributed by atoms with Crippen LogP contribution >= 0.6 is 0 Å². The Morgan fingerprint density at radius 3 is 2.00 bits per heavy atom. The van der Waals surface area contributed by atoms with Gasteiger partial charge in [0.05, 0.1) is 18.8 Å². The van der Waals surface area contributed by atoms with Crippen LogP contribution in [0.1, 0.15) is 80.6 Å². The SMILES string of the molecule is CCCCCOC(=O)C(CC)(CC)C(=O)OC(C)COC(C)(C)C. The fourth-order valence-corrected chi connectivity index (χ4v) is 2.26. The Balaban J connectivity index is 4.76. The van der Waals surface area contributed by atoms with Gasteiger partial charge in [0.2, 0.25) is 0 Å². The van der Waals surface area contributed by atoms with Crippen LogP contribution in [0.2, 0.25) is 0 Å². The van der Waals surface area contributed by atoms with E-state index in [0.29, 0.717) is 26.1 Å². The van der Waals surface area contributed by atoms with Crippen molar-refractivity contribution in [3.8, 4) is 0 Å². The van der Waals surface area contributed by atoms with Crippen molar-refractivity contribution in [2.24, 2.45) is 5.41 Å². The second kappa shape index (κ2) is 10.7. The standard InChI is InChI=1S/C19H36O5/c1-8-11-12-13-22-16(20)19(9-2,10-3)17(21)24-15(4)14-23-18(5,6)7/h15H,8-14H2,1-7H3. The molecule has 0 bridgehead atoms. The monoisotopic (exact) mass is 344 g/mol. The molecule has 0 rings (SSSR count). The van der Waals surface area contributed by atoms with Gasteiger partial charge in [-0.15, -0.1) is 0 Å². The van der Waals surface area contributed by atoms with Crippen LogP contribution in [0.4, 0.5) is 0 Å². The molecule has 0 aromatic carbocycles. The number of unbranched alkanes of at least 4 members (excludes halogenated alkanes) is 2. The molecule has 0 aromatic rings. The van der Waals surface area contributed by atoms with Gasteiger partial charge in [0.15, 0.2) is 5.41 Å². The molecule has 142 valence electrons. The van der Waals surface area contributed by atoms with Crippen LogP contribution in [0.5, 0.6) is 0 Å². The Bertz CT molecular complexity index is 380. The predicted octanol–water partition coefficient (Wildman–Crippen LogP) is 4.27. The minimum atomic E-state index is -1.22. The molecule has 0 saturated carbocycles. The van der Waals surface area contributed by atoms with E-state index in [-0.39, 0.29) is 5.60 Å². The van der Waals surface area contributed by atoms with Crippen molar-refractivity contribution in [2.75, 3.05) is 13.2 Å². The topological polar surface area (TPSA) is 61.8 Å². The maximum absolute atomic E-state index is 12.6. The predicted molar refractivity (Wildman–Crippen MR) is 94.8 cm³/mol. The Labute approximate surface area is 147 Å². The number of ether oxygens (including phenoxy) is 3. The molecule has 0 aliphatic carbocycles. The van der Waals surface area contributed by atoms with Crippen molar-refractivity contribution in [3.05, 3.63) is 0 Å². The lowest BCUT2D eigenvalue weighted by atomic mass is 9.82. The Morgan fingerprint density at radius 2 is 1.54 bits per heavy atom. The number of hydrogen-bond acceptors (Lipinski definition) is 5. The summed E-state index contributed by atoms with van der Waals surface area (Å²) < 4.78 is 16.4. The van der Waals surface area contributed by atoms with Gasteiger partial charge < -0.3 is 14.2 Å². The lowest BCUT2D eigenvalue weighted by molar-refractivity contribution is -0.179. The maximum Gasteiger partial charge on any atom is 0.323 e. The summed E-state index contributed by atoms with van der Waals surface area (Å²) in [5, 5.41) is 0. The summed E-state index contributed by atoms with van der Waals surface area (Å²) in [6.07, 6.45) is 3.18. The summed E-state index contributed by atoms with van der Waals surface area (Å²) in [7, 11) is 0. The fraction of sp³-hybridized carbons (Fsp3) is 0.895. The van der Waals surface area contributed by atoms with Crippen LogP contribution in [0.25, 0.3) is 0 Å². The summed E-state index contributed by atoms with van der Waals surface area (Å²) in [4.78, 5) is 25.1. The summed E-state index contributed by atoms with van der Waals surface area (Å²) in [6, 6.07) is 0. The summed E-state index contributed by atoms with van der Waals surface area (Å²) in [5.41, 5.74) is -1.52. The molecule has 0 N–H and O–H groups in total. The first-order valence-corrected chi connectivity index (χ1v) is 9.15. The first-order valence-electron chi connectivity index (χ1n) is 9.15. The highest BCUT2D eigenvalue weighted by molar-refractivity contribution is 6.00. The number of esters is 2. The molecule has 0 fully saturated rings. The van der Waals surface area contributed by atoms with Crippen molar-refractivity contribution in [1.29, 1.82) is 0 Å². The second-order valence-electron chi connectivity index (χ2n) is 7.27. The average molecular weight is 344 g/mol. The van der Waals surface area contributed by atoms with Crippen molar-refractivity contribution >= 4 is 11.9 Å². The molecule has 24 heavy (non-hydrogen) atoms. The van der Waals surface area contributed by atoms with Gasteiger partial charge in [0.25, 0.3) is 0 Å². The molecule has 0 radical (unpaired) electrons. The van der Waals surface area contributed by atoms with E-state index in [4.69, 9.17) is 14.2 Å². The van der Waals surface area contributed by atoms with Crippen molar-refractivity contribution < 1.29 is 23.8 Å². The molecular formula is C19H36O5. The molecule has 5 nitrogen and oxygen atoms in total. The van der Waals surface area contributed by atoms with E-state index in [0.717, 1.165) is 19.3 Å². The zero-order chi connectivity index (χ0) is 18.8. The smallest absolute Gasteiger partial charge is 0.323 e. The highest BCUT2D eigenvalue weighted by Crippen LogP contribution is 2.31. The zero-order valence-electron chi connectivity index (χ0n) is 16.6. The minimum Gasteiger partial charge on any atom is -0.465 e. The Morgan fingerprint density at radius 1 is 0.958 bits per heavy atom. The van der Waals surface area contributed by atoms with Crippen LogP contribution in [-0.4, -0.2) is 36.9 Å². The van der Waals surface area contributed by atoms with Crippen LogP contribution in [0, 0.1) is 5.41 Å². The number of rotatable bonds is 11. The third kappa shape index (κ3) is 7.65. The van der Waals surface area contributed by atoms with Gasteiger partial charge >= 0.3 is 11.9 Å². The van der Waals surface area contributed by atoms with Crippen molar-refractivity contribution in [2.45, 2.75) is 92.3 Å². The number of hydrogen-bond donors (Lipinski definition) is 0. The van der Waals surface area contributed by atoms with Crippen LogP contribution < -0.4 is 0 Å². The maximum atomic E-state index is 12.6. The molecule has 0 spiro atoms. The highest BCUT2D eigenvalue weighted by Gasteiger charge is 2.46. The molecule has 1 atom stereocenters. The molecule has 0 aliphatic rings. The molecule has 0 heterocycles. The number of carbonyl (C=O) groups excluding carboxylic acids is 2. The molecular weight excluding hydrogens is 308 g/mol. The molecule has 1 unspecified atom stereocenters. The van der Waals surface area contributed by atoms with E-state index in [1.54, 1.807) is 6.92 Å². The fourth-order valence-electron chi connectivity index (χ4n) is 2.26. The van der Waals surface area contributed by atoms with Gasteiger partial charge in [-0.1, -0.05) is 33.6 Å². The first kappa shape index (κ1) is 22.9. The summed E-state index contributed by atoms with van der Waals surface area (Å²) in [6.45, 7) is 14.0. The quantitative estimate of drug-likeness (QED) is 0.318. The van der Waals surface area contributed by atoms with Gasteiger partial charge in [-0.05, 0) is 47.0 Å². The first-order chi connectivity index (χ1) is 11.1. The lowest BCUT2D eigenvalue weighted by Gasteiger charge is -2.29. The van der Waals surface area contributed by atoms with E-state index in [2.05, 4.69) is 6.92 Å². The molecule has 0 aliphatic heterocycles. The average Bonchev–Trinajstić information content (AvgIpc) is 2.50. The Hall–Kier alpha value is -1.10. The van der Waals surface area contributed by atoms with Crippen LogP contribution in [0.15, 0.2) is 0 Å². The van der Waals surface area contributed by atoms with Gasteiger partial charge in [0, 0.05) is 0 Å². The third-order valence-corrected chi connectivity index (χ3v) is 4.03. The number of carbonyl (C=O) groups is 2. The van der Waals surface area contributed by atoms with E-state index in [9.17, 15) is 9.59 Å². The zero-order valence-corrected chi connectivity index (χ0v) is 16.6. The lowest BCUT2D eigenvalue weighted by Crippen LogP contribution is -2.43. The van der Waals surface area contributed by atoms with Crippen LogP contribution in [-0.2, 0) is 23.8 Å². The molecule has 5 heteroatoms. The van der Waals surface area contributed by atoms with Crippen molar-refractivity contribution in [3.63, 3.8) is 0 Å². The van der Waals surface area contributed by atoms with Gasteiger partial charge in [0.1, 0.15) is 6.10 Å². The highest BCUT2D eigenvalue weighted by atomic mass is 16.6. The van der Waals surface area contributed by atoms with E-state index >= 15 is 0 Å².